The molecule has 0 radical (unpaired) electrons. The average molecular weight is 496 g/mol. The molecule has 0 aliphatic carbocycles. The number of alkyl halides is 3. The molecule has 0 bridgehead atoms. The standard InChI is InChI=1S/C25H32F3N3O4/c1-15-16(2)30-31(8)21(15)22(34-17(3)35-23(32)33-14-25(26,27)28)20(13-29-7)18-9-11-19(12-10-18)24(4,5)6/h9-13,17H,14H2,1-8H3/b22-20-,29-13-. The van der Waals surface area contributed by atoms with Crippen molar-refractivity contribution in [1.82, 2.24) is 9.78 Å². The quantitative estimate of drug-likeness (QED) is 0.204. The topological polar surface area (TPSA) is 74.9 Å². The first kappa shape index (κ1) is 27.9. The van der Waals surface area contributed by atoms with Gasteiger partial charge in [0.15, 0.2) is 12.4 Å². The maximum Gasteiger partial charge on any atom is 0.511 e. The van der Waals surface area contributed by atoms with Gasteiger partial charge in [-0.25, -0.2) is 4.79 Å². The Morgan fingerprint density at radius 2 is 1.74 bits per heavy atom. The van der Waals surface area contributed by atoms with Gasteiger partial charge in [0.25, 0.3) is 0 Å². The third-order valence-corrected chi connectivity index (χ3v) is 5.20. The van der Waals surface area contributed by atoms with Crippen LogP contribution in [0.25, 0.3) is 11.3 Å². The minimum Gasteiger partial charge on any atom is -0.452 e. The molecule has 0 amide bonds. The monoisotopic (exact) mass is 495 g/mol. The molecule has 0 aliphatic heterocycles. The van der Waals surface area contributed by atoms with E-state index in [0.717, 1.165) is 22.4 Å². The highest BCUT2D eigenvalue weighted by atomic mass is 19.4. The molecule has 0 N–H and O–H groups in total. The second-order valence-electron chi connectivity index (χ2n) is 9.10. The van der Waals surface area contributed by atoms with Gasteiger partial charge in [0.05, 0.1) is 5.69 Å². The van der Waals surface area contributed by atoms with Crippen molar-refractivity contribution in [3.63, 3.8) is 0 Å². The highest BCUT2D eigenvalue weighted by Gasteiger charge is 2.31. The lowest BCUT2D eigenvalue weighted by Gasteiger charge is -2.22. The van der Waals surface area contributed by atoms with E-state index in [1.807, 2.05) is 38.1 Å². The summed E-state index contributed by atoms with van der Waals surface area (Å²) in [5.74, 6) is 0.302. The number of aryl methyl sites for hydroxylation is 2. The fourth-order valence-corrected chi connectivity index (χ4v) is 3.37. The second-order valence-corrected chi connectivity index (χ2v) is 9.10. The molecule has 192 valence electrons. The van der Waals surface area contributed by atoms with Crippen LogP contribution in [-0.4, -0.2) is 48.3 Å². The summed E-state index contributed by atoms with van der Waals surface area (Å²) < 4.78 is 53.8. The molecule has 0 fully saturated rings. The van der Waals surface area contributed by atoms with Crippen molar-refractivity contribution in [2.45, 2.75) is 59.4 Å². The Balaban J connectivity index is 2.54. The Bertz CT molecular complexity index is 1090. The molecule has 0 saturated carbocycles. The van der Waals surface area contributed by atoms with Crippen LogP contribution in [0.2, 0.25) is 0 Å². The number of ether oxygens (including phenoxy) is 3. The molecule has 0 aliphatic rings. The van der Waals surface area contributed by atoms with Crippen LogP contribution in [0, 0.1) is 13.8 Å². The van der Waals surface area contributed by atoms with E-state index in [2.05, 4.69) is 35.6 Å². The fourth-order valence-electron chi connectivity index (χ4n) is 3.37. The van der Waals surface area contributed by atoms with E-state index in [4.69, 9.17) is 9.47 Å². The van der Waals surface area contributed by atoms with Gasteiger partial charge in [-0.2, -0.15) is 18.3 Å². The first-order valence-electron chi connectivity index (χ1n) is 11.0. The lowest BCUT2D eigenvalue weighted by atomic mass is 9.86. The predicted molar refractivity (Wildman–Crippen MR) is 128 cm³/mol. The van der Waals surface area contributed by atoms with Crippen molar-refractivity contribution >= 4 is 23.7 Å². The molecule has 1 heterocycles. The Morgan fingerprint density at radius 3 is 2.20 bits per heavy atom. The first-order chi connectivity index (χ1) is 16.1. The highest BCUT2D eigenvalue weighted by Crippen LogP contribution is 2.32. The number of aliphatic imine (C=N–C) groups is 1. The fraction of sp³-hybridized carbons (Fsp3) is 0.480. The summed E-state index contributed by atoms with van der Waals surface area (Å²) in [6, 6.07) is 7.88. The van der Waals surface area contributed by atoms with E-state index in [9.17, 15) is 18.0 Å². The number of hydrogen-bond donors (Lipinski definition) is 0. The van der Waals surface area contributed by atoms with E-state index < -0.39 is 25.2 Å². The van der Waals surface area contributed by atoms with Crippen LogP contribution >= 0.6 is 0 Å². The summed E-state index contributed by atoms with van der Waals surface area (Å²) in [7, 11) is 3.35. The minimum absolute atomic E-state index is 0.0462. The van der Waals surface area contributed by atoms with Crippen molar-refractivity contribution < 1.29 is 32.2 Å². The first-order valence-corrected chi connectivity index (χ1v) is 11.0. The number of halogens is 3. The normalized spacial score (nSPS) is 14.0. The smallest absolute Gasteiger partial charge is 0.452 e. The Labute approximate surface area is 203 Å². The Hall–Kier alpha value is -3.30. The lowest BCUT2D eigenvalue weighted by Crippen LogP contribution is -2.24. The number of aromatic nitrogens is 2. The molecular formula is C25H32F3N3O4. The number of rotatable bonds is 7. The number of nitrogens with zero attached hydrogens (tertiary/aromatic N) is 3. The van der Waals surface area contributed by atoms with Crippen LogP contribution in [0.3, 0.4) is 0 Å². The molecule has 0 saturated heterocycles. The van der Waals surface area contributed by atoms with Crippen LogP contribution in [0.1, 0.15) is 55.8 Å². The third kappa shape index (κ3) is 7.60. The second kappa shape index (κ2) is 11.0. The lowest BCUT2D eigenvalue weighted by molar-refractivity contribution is -0.171. The molecule has 2 aromatic rings. The summed E-state index contributed by atoms with van der Waals surface area (Å²) in [4.78, 5) is 15.9. The maximum absolute atomic E-state index is 12.4. The highest BCUT2D eigenvalue weighted by molar-refractivity contribution is 6.18. The van der Waals surface area contributed by atoms with Gasteiger partial charge in [0.1, 0.15) is 5.69 Å². The molecule has 7 nitrogen and oxygen atoms in total. The molecule has 1 aromatic heterocycles. The summed E-state index contributed by atoms with van der Waals surface area (Å²) in [6.45, 7) is 9.68. The summed E-state index contributed by atoms with van der Waals surface area (Å²) in [6.07, 6.45) is -5.82. The van der Waals surface area contributed by atoms with Crippen LogP contribution in [0.5, 0.6) is 0 Å². The van der Waals surface area contributed by atoms with Crippen molar-refractivity contribution in [2.24, 2.45) is 12.0 Å². The van der Waals surface area contributed by atoms with E-state index >= 15 is 0 Å². The van der Waals surface area contributed by atoms with Gasteiger partial charge in [-0.3, -0.25) is 9.67 Å². The summed E-state index contributed by atoms with van der Waals surface area (Å²) >= 11 is 0. The van der Waals surface area contributed by atoms with E-state index in [1.165, 1.54) is 6.92 Å². The Morgan fingerprint density at radius 1 is 1.14 bits per heavy atom. The van der Waals surface area contributed by atoms with Crippen molar-refractivity contribution in [3.05, 3.63) is 52.3 Å². The molecule has 0 spiro atoms. The van der Waals surface area contributed by atoms with Gasteiger partial charge in [-0.1, -0.05) is 45.0 Å². The largest absolute Gasteiger partial charge is 0.511 e. The molecule has 35 heavy (non-hydrogen) atoms. The van der Waals surface area contributed by atoms with Gasteiger partial charge in [0.2, 0.25) is 6.29 Å². The number of benzene rings is 1. The number of carbonyl (C=O) groups excluding carboxylic acids is 1. The van der Waals surface area contributed by atoms with Gasteiger partial charge in [-0.05, 0) is 30.4 Å². The minimum atomic E-state index is -4.67. The van der Waals surface area contributed by atoms with Gasteiger partial charge < -0.3 is 14.2 Å². The van der Waals surface area contributed by atoms with E-state index in [1.54, 1.807) is 25.0 Å². The van der Waals surface area contributed by atoms with Crippen LogP contribution in [0.15, 0.2) is 29.3 Å². The number of allylic oxidation sites excluding steroid dienone is 1. The number of hydrogen-bond acceptors (Lipinski definition) is 6. The zero-order valence-corrected chi connectivity index (χ0v) is 21.3. The van der Waals surface area contributed by atoms with Crippen LogP contribution < -0.4 is 0 Å². The van der Waals surface area contributed by atoms with Gasteiger partial charge in [-0.15, -0.1) is 0 Å². The van der Waals surface area contributed by atoms with Crippen molar-refractivity contribution in [3.8, 4) is 0 Å². The van der Waals surface area contributed by atoms with Gasteiger partial charge >= 0.3 is 12.3 Å². The summed E-state index contributed by atoms with van der Waals surface area (Å²) in [5, 5.41) is 4.44. The van der Waals surface area contributed by atoms with Crippen LogP contribution in [0.4, 0.5) is 18.0 Å². The van der Waals surface area contributed by atoms with Crippen molar-refractivity contribution in [1.29, 1.82) is 0 Å². The number of carbonyl (C=O) groups is 1. The molecule has 1 unspecified atom stereocenters. The van der Waals surface area contributed by atoms with E-state index in [0.29, 0.717) is 17.0 Å². The predicted octanol–water partition coefficient (Wildman–Crippen LogP) is 5.98. The molecular weight excluding hydrogens is 463 g/mol. The SMILES string of the molecule is C/N=C\C(=C(\OC(C)OC(=O)OCC(F)(F)F)c1c(C)c(C)nn1C)c1ccc(C(C)(C)C)cc1. The molecule has 2 rings (SSSR count). The zero-order chi connectivity index (χ0) is 26.6. The molecule has 10 heteroatoms. The third-order valence-electron chi connectivity index (χ3n) is 5.20. The Kier molecular flexibility index (Phi) is 8.75. The van der Waals surface area contributed by atoms with Crippen LogP contribution in [-0.2, 0) is 26.7 Å². The molecule has 1 aromatic carbocycles. The van der Waals surface area contributed by atoms with Gasteiger partial charge in [0, 0.05) is 38.4 Å². The zero-order valence-electron chi connectivity index (χ0n) is 21.3. The maximum atomic E-state index is 12.4. The van der Waals surface area contributed by atoms with E-state index in [-0.39, 0.29) is 5.41 Å². The van der Waals surface area contributed by atoms with Crippen molar-refractivity contribution in [2.75, 3.05) is 13.7 Å². The average Bonchev–Trinajstić information content (AvgIpc) is 2.99. The molecule has 1 atom stereocenters. The summed E-state index contributed by atoms with van der Waals surface area (Å²) in [5.41, 5.74) is 4.64.